The molecule has 15 heavy (non-hydrogen) atoms. The quantitative estimate of drug-likeness (QED) is 0.675. The van der Waals surface area contributed by atoms with Crippen LogP contribution in [0.4, 0.5) is 0 Å². The van der Waals surface area contributed by atoms with Crippen LogP contribution < -0.4 is 0 Å². The number of nitrogens with zero attached hydrogens (tertiary/aromatic N) is 1. The Morgan fingerprint density at radius 3 is 2.47 bits per heavy atom. The van der Waals surface area contributed by atoms with Crippen molar-refractivity contribution in [3.63, 3.8) is 0 Å². The fraction of sp³-hybridized carbons (Fsp3) is 0.917. The third-order valence-corrected chi connectivity index (χ3v) is 5.33. The summed E-state index contributed by atoms with van der Waals surface area (Å²) in [5.74, 6) is 0.673. The summed E-state index contributed by atoms with van der Waals surface area (Å²) in [6, 6.07) is 0. The highest BCUT2D eigenvalue weighted by Crippen LogP contribution is 2.47. The molecule has 0 aromatic carbocycles. The Bertz CT molecular complexity index is 256. The zero-order chi connectivity index (χ0) is 11.7. The highest BCUT2D eigenvalue weighted by molar-refractivity contribution is 8.00. The van der Waals surface area contributed by atoms with Gasteiger partial charge in [0.15, 0.2) is 0 Å². The molecule has 0 aliphatic heterocycles. The van der Waals surface area contributed by atoms with Crippen LogP contribution in [-0.2, 0) is 4.84 Å². The van der Waals surface area contributed by atoms with E-state index in [9.17, 15) is 0 Å². The second-order valence-electron chi connectivity index (χ2n) is 5.22. The maximum absolute atomic E-state index is 5.04. The van der Waals surface area contributed by atoms with Crippen molar-refractivity contribution < 1.29 is 4.84 Å². The van der Waals surface area contributed by atoms with Gasteiger partial charge in [-0.15, -0.1) is 0 Å². The van der Waals surface area contributed by atoms with E-state index in [1.54, 1.807) is 7.11 Å². The Morgan fingerprint density at radius 2 is 2.00 bits per heavy atom. The van der Waals surface area contributed by atoms with Crippen LogP contribution >= 0.6 is 11.8 Å². The molecule has 0 amide bonds. The van der Waals surface area contributed by atoms with E-state index in [2.05, 4.69) is 39.1 Å². The number of hydrogen-bond donors (Lipinski definition) is 0. The molecule has 2 atom stereocenters. The average molecular weight is 229 g/mol. The first-order valence-corrected chi connectivity index (χ1v) is 6.78. The summed E-state index contributed by atoms with van der Waals surface area (Å²) in [6.45, 7) is 9.15. The van der Waals surface area contributed by atoms with Gasteiger partial charge >= 0.3 is 0 Å². The van der Waals surface area contributed by atoms with Crippen LogP contribution in [0.15, 0.2) is 5.16 Å². The van der Waals surface area contributed by atoms with E-state index < -0.39 is 0 Å². The minimum Gasteiger partial charge on any atom is -0.399 e. The van der Waals surface area contributed by atoms with Gasteiger partial charge in [0, 0.05) is 5.41 Å². The molecule has 0 N–H and O–H groups in total. The molecule has 88 valence electrons. The van der Waals surface area contributed by atoms with Gasteiger partial charge in [0.25, 0.3) is 0 Å². The summed E-state index contributed by atoms with van der Waals surface area (Å²) in [7, 11) is 1.64. The van der Waals surface area contributed by atoms with Crippen LogP contribution in [0.3, 0.4) is 0 Å². The molecule has 1 rings (SSSR count). The summed E-state index contributed by atoms with van der Waals surface area (Å²) in [5.41, 5.74) is 1.36. The third kappa shape index (κ3) is 2.17. The average Bonchev–Trinajstić information content (AvgIpc) is 2.20. The van der Waals surface area contributed by atoms with E-state index in [0.29, 0.717) is 5.92 Å². The van der Waals surface area contributed by atoms with Gasteiger partial charge in [0.2, 0.25) is 0 Å². The van der Waals surface area contributed by atoms with Crippen molar-refractivity contribution in [3.8, 4) is 0 Å². The van der Waals surface area contributed by atoms with Crippen molar-refractivity contribution in [1.82, 2.24) is 0 Å². The lowest BCUT2D eigenvalue weighted by Gasteiger charge is -2.46. The van der Waals surface area contributed by atoms with Crippen molar-refractivity contribution >= 4 is 17.5 Å². The van der Waals surface area contributed by atoms with Crippen molar-refractivity contribution in [2.75, 3.05) is 13.4 Å². The lowest BCUT2D eigenvalue weighted by Crippen LogP contribution is -2.49. The summed E-state index contributed by atoms with van der Waals surface area (Å²) in [6.07, 6.45) is 4.63. The topological polar surface area (TPSA) is 21.6 Å². The Labute approximate surface area is 97.8 Å². The minimum atomic E-state index is 0.145. The van der Waals surface area contributed by atoms with Crippen LogP contribution in [-0.4, -0.2) is 23.8 Å². The van der Waals surface area contributed by atoms with Gasteiger partial charge in [-0.05, 0) is 31.9 Å². The molecular formula is C12H23NOS. The van der Waals surface area contributed by atoms with Gasteiger partial charge in [-0.2, -0.15) is 11.8 Å². The van der Waals surface area contributed by atoms with Gasteiger partial charge in [-0.3, -0.25) is 0 Å². The molecule has 0 aromatic heterocycles. The largest absolute Gasteiger partial charge is 0.399 e. The summed E-state index contributed by atoms with van der Waals surface area (Å²) < 4.78 is 0.145. The standard InChI is InChI=1S/C12H23NOS/c1-9-7-8-12(4,15-6)10(13-14-5)11(9,2)3/h9H,7-8H2,1-6H3/b13-10-. The Balaban J connectivity index is 3.11. The molecule has 2 nitrogen and oxygen atoms in total. The van der Waals surface area contributed by atoms with Crippen LogP contribution in [0.5, 0.6) is 0 Å². The molecule has 1 aliphatic rings. The molecule has 0 bridgehead atoms. The summed E-state index contributed by atoms with van der Waals surface area (Å²) in [4.78, 5) is 5.04. The molecule has 0 aromatic rings. The highest BCUT2D eigenvalue weighted by atomic mass is 32.2. The number of rotatable bonds is 2. The molecule has 2 unspecified atom stereocenters. The molecule has 1 saturated carbocycles. The van der Waals surface area contributed by atoms with Crippen LogP contribution in [0.1, 0.15) is 40.5 Å². The highest BCUT2D eigenvalue weighted by Gasteiger charge is 2.47. The SMILES string of the molecule is CO/N=C1\C(C)(SC)CCC(C)C1(C)C. The zero-order valence-electron chi connectivity index (χ0n) is 10.8. The van der Waals surface area contributed by atoms with Gasteiger partial charge in [-0.25, -0.2) is 0 Å². The van der Waals surface area contributed by atoms with Crippen LogP contribution in [0.25, 0.3) is 0 Å². The molecule has 3 heteroatoms. The van der Waals surface area contributed by atoms with Crippen molar-refractivity contribution in [2.45, 2.75) is 45.3 Å². The Hall–Kier alpha value is -0.180. The normalized spacial score (nSPS) is 38.0. The Morgan fingerprint density at radius 1 is 1.40 bits per heavy atom. The molecule has 0 saturated heterocycles. The maximum atomic E-state index is 5.04. The van der Waals surface area contributed by atoms with E-state index in [4.69, 9.17) is 4.84 Å². The smallest absolute Gasteiger partial charge is 0.106 e. The van der Waals surface area contributed by atoms with Crippen molar-refractivity contribution in [2.24, 2.45) is 16.5 Å². The second-order valence-corrected chi connectivity index (χ2v) is 6.53. The maximum Gasteiger partial charge on any atom is 0.106 e. The number of thioether (sulfide) groups is 1. The predicted octanol–water partition coefficient (Wildman–Crippen LogP) is 3.57. The fourth-order valence-corrected chi connectivity index (χ4v) is 3.21. The fourth-order valence-electron chi connectivity index (χ4n) is 2.39. The lowest BCUT2D eigenvalue weighted by atomic mass is 9.64. The van der Waals surface area contributed by atoms with Gasteiger partial charge in [-0.1, -0.05) is 25.9 Å². The third-order valence-electron chi connectivity index (χ3n) is 4.03. The van der Waals surface area contributed by atoms with Crippen LogP contribution in [0, 0.1) is 11.3 Å². The lowest BCUT2D eigenvalue weighted by molar-refractivity contribution is 0.189. The van der Waals surface area contributed by atoms with E-state index in [0.717, 1.165) is 0 Å². The molecule has 1 fully saturated rings. The van der Waals surface area contributed by atoms with Crippen molar-refractivity contribution in [1.29, 1.82) is 0 Å². The van der Waals surface area contributed by atoms with E-state index in [-0.39, 0.29) is 10.2 Å². The zero-order valence-corrected chi connectivity index (χ0v) is 11.6. The number of oxime groups is 1. The molecular weight excluding hydrogens is 206 g/mol. The summed E-state index contributed by atoms with van der Waals surface area (Å²) in [5, 5.41) is 4.31. The molecule has 0 spiro atoms. The van der Waals surface area contributed by atoms with Gasteiger partial charge < -0.3 is 4.84 Å². The van der Waals surface area contributed by atoms with Crippen molar-refractivity contribution in [3.05, 3.63) is 0 Å². The molecule has 0 heterocycles. The van der Waals surface area contributed by atoms with Gasteiger partial charge in [0.1, 0.15) is 7.11 Å². The first-order valence-electron chi connectivity index (χ1n) is 5.55. The van der Waals surface area contributed by atoms with E-state index in [1.807, 2.05) is 11.8 Å². The number of hydrogen-bond acceptors (Lipinski definition) is 3. The first-order chi connectivity index (χ1) is 6.88. The van der Waals surface area contributed by atoms with E-state index >= 15 is 0 Å². The predicted molar refractivity (Wildman–Crippen MR) is 68.5 cm³/mol. The van der Waals surface area contributed by atoms with Gasteiger partial charge in [0.05, 0.1) is 10.5 Å². The molecule has 1 aliphatic carbocycles. The Kier molecular flexibility index (Phi) is 3.75. The minimum absolute atomic E-state index is 0.145. The van der Waals surface area contributed by atoms with Crippen LogP contribution in [0.2, 0.25) is 0 Å². The first kappa shape index (κ1) is 12.9. The van der Waals surface area contributed by atoms with E-state index in [1.165, 1.54) is 18.6 Å². The monoisotopic (exact) mass is 229 g/mol. The summed E-state index contributed by atoms with van der Waals surface area (Å²) >= 11 is 1.89. The molecule has 0 radical (unpaired) electrons. The second kappa shape index (κ2) is 4.36.